The molecule has 3 nitrogen and oxygen atoms in total. The predicted molar refractivity (Wildman–Crippen MR) is 69.8 cm³/mol. The van der Waals surface area contributed by atoms with Gasteiger partial charge >= 0.3 is 6.18 Å². The maximum atomic E-state index is 12.5. The van der Waals surface area contributed by atoms with Crippen LogP contribution >= 0.6 is 0 Å². The SMILES string of the molecule is CC(CCO)NC(=O)/C=C/c1cccc(C(F)(F)F)c1. The first-order valence-corrected chi connectivity index (χ1v) is 6.09. The molecule has 1 atom stereocenters. The van der Waals surface area contributed by atoms with E-state index in [1.54, 1.807) is 6.92 Å². The average molecular weight is 287 g/mol. The van der Waals surface area contributed by atoms with Gasteiger partial charge in [0.2, 0.25) is 5.91 Å². The van der Waals surface area contributed by atoms with E-state index in [9.17, 15) is 18.0 Å². The standard InChI is InChI=1S/C14H16F3NO2/c1-10(7-8-19)18-13(20)6-5-11-3-2-4-12(9-11)14(15,16)17/h2-6,9-10,19H,7-8H2,1H3,(H,18,20)/b6-5+. The smallest absolute Gasteiger partial charge is 0.396 e. The van der Waals surface area contributed by atoms with Crippen molar-refractivity contribution in [3.8, 4) is 0 Å². The van der Waals surface area contributed by atoms with E-state index in [1.807, 2.05) is 0 Å². The fourth-order valence-electron chi connectivity index (χ4n) is 1.55. The van der Waals surface area contributed by atoms with Gasteiger partial charge < -0.3 is 10.4 Å². The minimum Gasteiger partial charge on any atom is -0.396 e. The number of amides is 1. The van der Waals surface area contributed by atoms with Crippen LogP contribution in [0.2, 0.25) is 0 Å². The zero-order valence-corrected chi connectivity index (χ0v) is 10.9. The zero-order valence-electron chi connectivity index (χ0n) is 10.9. The Morgan fingerprint density at radius 2 is 2.15 bits per heavy atom. The topological polar surface area (TPSA) is 49.3 Å². The van der Waals surface area contributed by atoms with E-state index in [0.717, 1.165) is 12.1 Å². The molecule has 110 valence electrons. The van der Waals surface area contributed by atoms with Crippen molar-refractivity contribution in [1.29, 1.82) is 0 Å². The van der Waals surface area contributed by atoms with Gasteiger partial charge in [0, 0.05) is 18.7 Å². The molecule has 0 saturated carbocycles. The summed E-state index contributed by atoms with van der Waals surface area (Å²) >= 11 is 0. The van der Waals surface area contributed by atoms with Crippen LogP contribution in [0.15, 0.2) is 30.3 Å². The molecule has 0 aliphatic heterocycles. The van der Waals surface area contributed by atoms with Crippen LogP contribution < -0.4 is 5.32 Å². The molecule has 0 bridgehead atoms. The molecule has 0 aliphatic carbocycles. The second kappa shape index (κ2) is 7.09. The first-order chi connectivity index (χ1) is 9.32. The monoisotopic (exact) mass is 287 g/mol. The molecule has 0 saturated heterocycles. The molecule has 1 rings (SSSR count). The van der Waals surface area contributed by atoms with Crippen LogP contribution in [-0.4, -0.2) is 23.7 Å². The lowest BCUT2D eigenvalue weighted by Crippen LogP contribution is -2.31. The van der Waals surface area contributed by atoms with Crippen molar-refractivity contribution < 1.29 is 23.1 Å². The van der Waals surface area contributed by atoms with E-state index in [0.29, 0.717) is 12.0 Å². The number of alkyl halides is 3. The second-order valence-electron chi connectivity index (χ2n) is 4.38. The van der Waals surface area contributed by atoms with Crippen molar-refractivity contribution in [2.75, 3.05) is 6.61 Å². The summed E-state index contributed by atoms with van der Waals surface area (Å²) in [5.74, 6) is -0.414. The van der Waals surface area contributed by atoms with Gasteiger partial charge in [0.25, 0.3) is 0 Å². The van der Waals surface area contributed by atoms with Gasteiger partial charge in [-0.25, -0.2) is 0 Å². The van der Waals surface area contributed by atoms with Gasteiger partial charge in [0.05, 0.1) is 5.56 Å². The molecule has 0 heterocycles. The third-order valence-corrected chi connectivity index (χ3v) is 2.59. The van der Waals surface area contributed by atoms with E-state index in [1.165, 1.54) is 24.3 Å². The van der Waals surface area contributed by atoms with E-state index in [2.05, 4.69) is 5.32 Å². The Balaban J connectivity index is 2.68. The Morgan fingerprint density at radius 1 is 1.45 bits per heavy atom. The lowest BCUT2D eigenvalue weighted by molar-refractivity contribution is -0.137. The molecular formula is C14H16F3NO2. The van der Waals surface area contributed by atoms with Crippen LogP contribution in [0.25, 0.3) is 6.08 Å². The number of nitrogens with one attached hydrogen (secondary N) is 1. The molecule has 0 spiro atoms. The molecule has 6 heteroatoms. The Morgan fingerprint density at radius 3 is 2.75 bits per heavy atom. The molecular weight excluding hydrogens is 271 g/mol. The fraction of sp³-hybridized carbons (Fsp3) is 0.357. The van der Waals surface area contributed by atoms with Crippen LogP contribution in [0, 0.1) is 0 Å². The molecule has 0 fully saturated rings. The van der Waals surface area contributed by atoms with Gasteiger partial charge in [-0.2, -0.15) is 13.2 Å². The Hall–Kier alpha value is -1.82. The van der Waals surface area contributed by atoms with Crippen molar-refractivity contribution in [2.24, 2.45) is 0 Å². The highest BCUT2D eigenvalue weighted by Crippen LogP contribution is 2.29. The highest BCUT2D eigenvalue weighted by molar-refractivity contribution is 5.91. The largest absolute Gasteiger partial charge is 0.416 e. The van der Waals surface area contributed by atoms with Crippen molar-refractivity contribution in [2.45, 2.75) is 25.6 Å². The molecule has 0 aromatic heterocycles. The van der Waals surface area contributed by atoms with Crippen LogP contribution in [0.3, 0.4) is 0 Å². The highest BCUT2D eigenvalue weighted by atomic mass is 19.4. The van der Waals surface area contributed by atoms with E-state index in [4.69, 9.17) is 5.11 Å². The van der Waals surface area contributed by atoms with Crippen LogP contribution in [0.1, 0.15) is 24.5 Å². The maximum absolute atomic E-state index is 12.5. The third-order valence-electron chi connectivity index (χ3n) is 2.59. The first-order valence-electron chi connectivity index (χ1n) is 6.09. The van der Waals surface area contributed by atoms with Gasteiger partial charge in [-0.3, -0.25) is 4.79 Å². The molecule has 0 aliphatic rings. The average Bonchev–Trinajstić information content (AvgIpc) is 2.36. The lowest BCUT2D eigenvalue weighted by Gasteiger charge is -2.10. The van der Waals surface area contributed by atoms with E-state index in [-0.39, 0.29) is 12.6 Å². The minimum atomic E-state index is -4.40. The normalized spacial score (nSPS) is 13.4. The number of benzene rings is 1. The molecule has 1 aromatic carbocycles. The van der Waals surface area contributed by atoms with Gasteiger partial charge in [-0.05, 0) is 37.1 Å². The van der Waals surface area contributed by atoms with E-state index < -0.39 is 17.6 Å². The molecule has 1 amide bonds. The maximum Gasteiger partial charge on any atom is 0.416 e. The van der Waals surface area contributed by atoms with Gasteiger partial charge in [-0.1, -0.05) is 12.1 Å². The summed E-state index contributed by atoms with van der Waals surface area (Å²) in [6.45, 7) is 1.69. The summed E-state index contributed by atoms with van der Waals surface area (Å²) in [4.78, 5) is 11.5. The molecule has 0 radical (unpaired) electrons. The van der Waals surface area contributed by atoms with E-state index >= 15 is 0 Å². The van der Waals surface area contributed by atoms with Gasteiger partial charge in [0.15, 0.2) is 0 Å². The number of aliphatic hydroxyl groups excluding tert-OH is 1. The summed E-state index contributed by atoms with van der Waals surface area (Å²) < 4.78 is 37.5. The number of hydrogen-bond donors (Lipinski definition) is 2. The zero-order chi connectivity index (χ0) is 15.2. The summed E-state index contributed by atoms with van der Waals surface area (Å²) in [5.41, 5.74) is -0.460. The second-order valence-corrected chi connectivity index (χ2v) is 4.38. The number of carbonyl (C=O) groups excluding carboxylic acids is 1. The summed E-state index contributed by atoms with van der Waals surface area (Å²) in [6.07, 6.45) is -1.50. The minimum absolute atomic E-state index is 0.0429. The van der Waals surface area contributed by atoms with Crippen molar-refractivity contribution >= 4 is 12.0 Å². The Labute approximate surface area is 115 Å². The summed E-state index contributed by atoms with van der Waals surface area (Å²) in [5, 5.41) is 11.3. The van der Waals surface area contributed by atoms with Crippen molar-refractivity contribution in [3.63, 3.8) is 0 Å². The summed E-state index contributed by atoms with van der Waals surface area (Å²) in [6, 6.07) is 4.52. The molecule has 2 N–H and O–H groups in total. The highest BCUT2D eigenvalue weighted by Gasteiger charge is 2.30. The lowest BCUT2D eigenvalue weighted by atomic mass is 10.1. The predicted octanol–water partition coefficient (Wildman–Crippen LogP) is 2.61. The molecule has 1 aromatic rings. The Bertz CT molecular complexity index is 484. The van der Waals surface area contributed by atoms with Gasteiger partial charge in [0.1, 0.15) is 0 Å². The van der Waals surface area contributed by atoms with Crippen LogP contribution in [0.4, 0.5) is 13.2 Å². The van der Waals surface area contributed by atoms with Gasteiger partial charge in [-0.15, -0.1) is 0 Å². The van der Waals surface area contributed by atoms with Crippen LogP contribution in [-0.2, 0) is 11.0 Å². The number of hydrogen-bond acceptors (Lipinski definition) is 2. The van der Waals surface area contributed by atoms with Crippen molar-refractivity contribution in [3.05, 3.63) is 41.5 Å². The van der Waals surface area contributed by atoms with Crippen molar-refractivity contribution in [1.82, 2.24) is 5.32 Å². The fourth-order valence-corrected chi connectivity index (χ4v) is 1.55. The molecule has 20 heavy (non-hydrogen) atoms. The number of rotatable bonds is 5. The Kier molecular flexibility index (Phi) is 5.76. The quantitative estimate of drug-likeness (QED) is 0.818. The number of halogens is 3. The first kappa shape index (κ1) is 16.2. The number of aliphatic hydroxyl groups is 1. The van der Waals surface area contributed by atoms with Crippen LogP contribution in [0.5, 0.6) is 0 Å². The number of carbonyl (C=O) groups is 1. The summed E-state index contributed by atoms with van der Waals surface area (Å²) in [7, 11) is 0. The molecule has 1 unspecified atom stereocenters. The third kappa shape index (κ3) is 5.44.